The number of morpholine rings is 1. The lowest BCUT2D eigenvalue weighted by Crippen LogP contribution is -2.56. The van der Waals surface area contributed by atoms with Crippen LogP contribution >= 0.6 is 0 Å². The second kappa shape index (κ2) is 17.9. The minimum atomic E-state index is -1.17. The molecule has 4 atom stereocenters. The Labute approximate surface area is 271 Å². The van der Waals surface area contributed by atoms with Crippen LogP contribution in [0.1, 0.15) is 70.1 Å². The highest BCUT2D eigenvalue weighted by Gasteiger charge is 2.34. The number of imidazole rings is 1. The number of aliphatic imine (C=N–C) groups is 1. The fourth-order valence-corrected chi connectivity index (χ4v) is 6.21. The molecule has 0 unspecified atom stereocenters. The minimum Gasteiger partial charge on any atom is -0.390 e. The number of aromatic amines is 1. The number of amides is 4. The van der Waals surface area contributed by atoms with Crippen molar-refractivity contribution in [1.29, 1.82) is 0 Å². The average molecular weight is 639 g/mol. The van der Waals surface area contributed by atoms with Gasteiger partial charge < -0.3 is 35.5 Å². The number of aliphatic hydroxyl groups is 2. The van der Waals surface area contributed by atoms with E-state index in [9.17, 15) is 24.6 Å². The number of nitrogens with zero attached hydrogens (tertiary/aromatic N) is 3. The molecule has 12 nitrogen and oxygen atoms in total. The monoisotopic (exact) mass is 638 g/mol. The van der Waals surface area contributed by atoms with Crippen molar-refractivity contribution in [2.24, 2.45) is 16.8 Å². The van der Waals surface area contributed by atoms with E-state index in [1.165, 1.54) is 17.6 Å². The highest BCUT2D eigenvalue weighted by Crippen LogP contribution is 2.29. The molecule has 1 saturated carbocycles. The van der Waals surface area contributed by atoms with Gasteiger partial charge in [-0.2, -0.15) is 4.99 Å². The van der Waals surface area contributed by atoms with Crippen molar-refractivity contribution in [3.05, 3.63) is 54.1 Å². The van der Waals surface area contributed by atoms with Crippen LogP contribution < -0.4 is 10.6 Å². The maximum atomic E-state index is 14.0. The number of carbonyl (C=O) groups is 3. The molecule has 4 rings (SSSR count). The first-order chi connectivity index (χ1) is 22.2. The molecule has 5 N–H and O–H groups in total. The number of aliphatic hydroxyl groups excluding tert-OH is 2. The number of benzene rings is 1. The molecule has 0 radical (unpaired) electrons. The summed E-state index contributed by atoms with van der Waals surface area (Å²) in [6.07, 6.45) is 7.37. The first-order valence-electron chi connectivity index (χ1n) is 16.6. The molecule has 1 aromatic heterocycles. The third-order valence-electron chi connectivity index (χ3n) is 8.75. The summed E-state index contributed by atoms with van der Waals surface area (Å²) in [5.41, 5.74) is 1.39. The fraction of sp³-hybridized carbons (Fsp3) is 0.618. The van der Waals surface area contributed by atoms with Crippen LogP contribution in [0.25, 0.3) is 0 Å². The zero-order valence-electron chi connectivity index (χ0n) is 27.1. The zero-order valence-corrected chi connectivity index (χ0v) is 27.1. The Kier molecular flexibility index (Phi) is 13.7. The van der Waals surface area contributed by atoms with Crippen molar-refractivity contribution in [2.45, 2.75) is 95.9 Å². The van der Waals surface area contributed by atoms with Crippen molar-refractivity contribution < 1.29 is 29.3 Å². The van der Waals surface area contributed by atoms with Gasteiger partial charge in [0.15, 0.2) is 0 Å². The average Bonchev–Trinajstić information content (AvgIpc) is 3.57. The Morgan fingerprint density at radius 3 is 2.43 bits per heavy atom. The van der Waals surface area contributed by atoms with Crippen LogP contribution in [0, 0.1) is 11.8 Å². The van der Waals surface area contributed by atoms with Crippen LogP contribution in [-0.2, 0) is 27.2 Å². The molecule has 1 aromatic carbocycles. The molecule has 2 aromatic rings. The number of urea groups is 1. The van der Waals surface area contributed by atoms with Crippen LogP contribution in [-0.4, -0.2) is 99.2 Å². The Bertz CT molecular complexity index is 1260. The topological polar surface area (TPSA) is 169 Å². The van der Waals surface area contributed by atoms with E-state index in [2.05, 4.69) is 25.6 Å². The molecule has 46 heavy (non-hydrogen) atoms. The summed E-state index contributed by atoms with van der Waals surface area (Å²) < 4.78 is 5.35. The van der Waals surface area contributed by atoms with Crippen molar-refractivity contribution >= 4 is 23.6 Å². The van der Waals surface area contributed by atoms with E-state index >= 15 is 0 Å². The molecule has 2 fully saturated rings. The van der Waals surface area contributed by atoms with E-state index in [0.29, 0.717) is 50.8 Å². The van der Waals surface area contributed by atoms with Crippen LogP contribution in [0.4, 0.5) is 4.79 Å². The van der Waals surface area contributed by atoms with Gasteiger partial charge in [-0.1, -0.05) is 76.3 Å². The predicted molar refractivity (Wildman–Crippen MR) is 174 cm³/mol. The highest BCUT2D eigenvalue weighted by molar-refractivity contribution is 6.41. The molecule has 1 aliphatic carbocycles. The van der Waals surface area contributed by atoms with Crippen LogP contribution in [0.2, 0.25) is 0 Å². The molecule has 12 heteroatoms. The Hall–Kier alpha value is -3.61. The second-order valence-electron chi connectivity index (χ2n) is 13.0. The van der Waals surface area contributed by atoms with Crippen LogP contribution in [0.3, 0.4) is 0 Å². The van der Waals surface area contributed by atoms with E-state index < -0.39 is 42.1 Å². The van der Waals surface area contributed by atoms with E-state index in [1.807, 2.05) is 44.2 Å². The molecule has 2 heterocycles. The first-order valence-corrected chi connectivity index (χ1v) is 16.6. The lowest BCUT2D eigenvalue weighted by atomic mass is 9.82. The van der Waals surface area contributed by atoms with E-state index in [1.54, 1.807) is 6.20 Å². The highest BCUT2D eigenvalue weighted by atomic mass is 16.5. The first kappa shape index (κ1) is 35.2. The summed E-state index contributed by atoms with van der Waals surface area (Å²) >= 11 is 0. The van der Waals surface area contributed by atoms with E-state index in [4.69, 9.17) is 4.74 Å². The molecule has 1 saturated heterocycles. The fourth-order valence-electron chi connectivity index (χ4n) is 6.21. The maximum Gasteiger partial charge on any atom is 0.344 e. The van der Waals surface area contributed by atoms with Gasteiger partial charge in [0.25, 0.3) is 5.91 Å². The second-order valence-corrected chi connectivity index (χ2v) is 13.0. The van der Waals surface area contributed by atoms with Crippen molar-refractivity contribution in [3.8, 4) is 0 Å². The summed E-state index contributed by atoms with van der Waals surface area (Å²) in [5, 5.41) is 27.9. The molecule has 1 aliphatic heterocycles. The summed E-state index contributed by atoms with van der Waals surface area (Å²) in [6.45, 7) is 5.49. The summed E-state index contributed by atoms with van der Waals surface area (Å²) in [4.78, 5) is 53.7. The molecule has 4 amide bonds. The Balaban J connectivity index is 1.56. The molecular weight excluding hydrogens is 588 g/mol. The van der Waals surface area contributed by atoms with Gasteiger partial charge in [0, 0.05) is 37.8 Å². The van der Waals surface area contributed by atoms with Gasteiger partial charge in [-0.05, 0) is 30.2 Å². The number of hydrogen-bond acceptors (Lipinski definition) is 7. The van der Waals surface area contributed by atoms with E-state index in [-0.39, 0.29) is 24.5 Å². The maximum absolute atomic E-state index is 14.0. The van der Waals surface area contributed by atoms with Gasteiger partial charge in [0.05, 0.1) is 31.7 Å². The lowest BCUT2D eigenvalue weighted by Gasteiger charge is -2.33. The third kappa shape index (κ3) is 11.0. The number of hydrogen-bond donors (Lipinski definition) is 5. The quantitative estimate of drug-likeness (QED) is 0.198. The number of ether oxygens (including phenoxy) is 1. The number of rotatable bonds is 14. The van der Waals surface area contributed by atoms with Crippen molar-refractivity contribution in [3.63, 3.8) is 0 Å². The standard InChI is InChI=1S/C34H50N6O6/c1-23(2)17-30(41)31(42)27(18-24-9-5-3-6-10-24)37-33(44)29(20-26-21-35-22-36-26)38-32(43)28(19-25-11-7-4-8-12-25)39-34(45)40-13-15-46-16-14-40/h4,7-8,11-12,21-24,27,29-31,41-42H,3,5-6,9-10,13-20H2,1-2H3,(H,35,36)(H,37,44)(H,38,43)/b39-28+/t27-,29-,30-,31+/m0/s1. The molecule has 252 valence electrons. The normalized spacial score (nSPS) is 18.9. The molecule has 0 bridgehead atoms. The number of nitrogens with one attached hydrogen (secondary N) is 3. The summed E-state index contributed by atoms with van der Waals surface area (Å²) in [5.74, 6) is -0.672. The van der Waals surface area contributed by atoms with Crippen LogP contribution in [0.15, 0.2) is 47.8 Å². The SMILES string of the molecule is CC(C)C[C@H](O)[C@H](O)[C@H](CC1CCCCC1)NC(=O)[C@H](Cc1cnc[nH]1)NC(=O)/C(Cc1ccccc1)=N/C(=O)N1CCOCC1. The van der Waals surface area contributed by atoms with Gasteiger partial charge in [0.2, 0.25) is 5.91 Å². The van der Waals surface area contributed by atoms with Gasteiger partial charge in [-0.25, -0.2) is 9.78 Å². The summed E-state index contributed by atoms with van der Waals surface area (Å²) in [7, 11) is 0. The van der Waals surface area contributed by atoms with Crippen LogP contribution in [0.5, 0.6) is 0 Å². The largest absolute Gasteiger partial charge is 0.390 e. The Morgan fingerprint density at radius 2 is 1.78 bits per heavy atom. The Morgan fingerprint density at radius 1 is 1.07 bits per heavy atom. The molecular formula is C34H50N6O6. The van der Waals surface area contributed by atoms with Gasteiger partial charge in [0.1, 0.15) is 17.9 Å². The lowest BCUT2D eigenvalue weighted by molar-refractivity contribution is -0.128. The minimum absolute atomic E-state index is 0.0174. The molecule has 0 spiro atoms. The zero-order chi connectivity index (χ0) is 32.9. The number of carbonyl (C=O) groups excluding carboxylic acids is 3. The van der Waals surface area contributed by atoms with Crippen molar-refractivity contribution in [1.82, 2.24) is 25.5 Å². The smallest absolute Gasteiger partial charge is 0.344 e. The van der Waals surface area contributed by atoms with Gasteiger partial charge in [-0.15, -0.1) is 0 Å². The summed E-state index contributed by atoms with van der Waals surface area (Å²) in [6, 6.07) is 6.92. The van der Waals surface area contributed by atoms with Gasteiger partial charge in [-0.3, -0.25) is 9.59 Å². The van der Waals surface area contributed by atoms with Crippen molar-refractivity contribution in [2.75, 3.05) is 26.3 Å². The number of aromatic nitrogens is 2. The predicted octanol–water partition coefficient (Wildman–Crippen LogP) is 2.80. The number of H-pyrrole nitrogens is 1. The third-order valence-corrected chi connectivity index (χ3v) is 8.75. The van der Waals surface area contributed by atoms with Gasteiger partial charge >= 0.3 is 6.03 Å². The van der Waals surface area contributed by atoms with E-state index in [0.717, 1.165) is 31.2 Å². The molecule has 2 aliphatic rings.